The molecule has 0 aliphatic heterocycles. The van der Waals surface area contributed by atoms with Crippen LogP contribution in [0.15, 0.2) is 100 Å². The van der Waals surface area contributed by atoms with Gasteiger partial charge in [-0.2, -0.15) is 13.5 Å². The van der Waals surface area contributed by atoms with E-state index >= 15 is 0 Å². The van der Waals surface area contributed by atoms with Crippen molar-refractivity contribution >= 4 is 43.7 Å². The Morgan fingerprint density at radius 1 is 0.774 bits per heavy atom. The second-order valence-electron chi connectivity index (χ2n) is 6.77. The molecule has 7 nitrogen and oxygen atoms in total. The molecule has 0 amide bonds. The van der Waals surface area contributed by atoms with Gasteiger partial charge in [-0.25, -0.2) is 0 Å². The molecule has 4 rings (SSSR count). The number of rotatable bonds is 5. The van der Waals surface area contributed by atoms with Gasteiger partial charge in [0.2, 0.25) is 0 Å². The largest absolute Gasteiger partial charge is 0.396 e. The highest BCUT2D eigenvalue weighted by Gasteiger charge is 2.18. The maximum Gasteiger partial charge on any atom is 0.295 e. The lowest BCUT2D eigenvalue weighted by Gasteiger charge is -2.09. The molecule has 0 aliphatic carbocycles. The van der Waals surface area contributed by atoms with Gasteiger partial charge in [0.05, 0.1) is 11.4 Å². The first kappa shape index (κ1) is 20.4. The molecule has 0 atom stereocenters. The molecule has 0 spiro atoms. The van der Waals surface area contributed by atoms with Gasteiger partial charge < -0.3 is 5.73 Å². The fraction of sp³-hybridized carbons (Fsp3) is 0. The fourth-order valence-corrected chi connectivity index (χ4v) is 3.91. The summed E-state index contributed by atoms with van der Waals surface area (Å²) in [7, 11) is -4.49. The molecule has 0 aromatic heterocycles. The number of anilines is 1. The molecule has 0 unspecified atom stereocenters. The molecule has 0 aliphatic rings. The molecule has 0 radical (unpaired) electrons. The van der Waals surface area contributed by atoms with Crippen LogP contribution >= 0.6 is 0 Å². The lowest BCUT2D eigenvalue weighted by Crippen LogP contribution is -2.01. The van der Waals surface area contributed by atoms with Gasteiger partial charge in [-0.15, -0.1) is 5.11 Å². The predicted octanol–water partition coefficient (Wildman–Crippen LogP) is 5.32. The van der Waals surface area contributed by atoms with Gasteiger partial charge in [0, 0.05) is 21.9 Å². The third-order valence-corrected chi connectivity index (χ3v) is 5.64. The first-order valence-corrected chi connectivity index (χ1v) is 10.7. The molecular formula is C23H17N3O4S. The van der Waals surface area contributed by atoms with Crippen LogP contribution < -0.4 is 5.73 Å². The van der Waals surface area contributed by atoms with Crippen molar-refractivity contribution in [1.29, 1.82) is 0 Å². The first-order valence-electron chi connectivity index (χ1n) is 9.25. The van der Waals surface area contributed by atoms with Gasteiger partial charge in [-0.05, 0) is 30.3 Å². The highest BCUT2D eigenvalue weighted by Crippen LogP contribution is 2.36. The summed E-state index contributed by atoms with van der Waals surface area (Å²) in [6, 6.07) is 23.2. The second kappa shape index (κ2) is 8.10. The number of fused-ring (bicyclic) bond motifs is 1. The van der Waals surface area contributed by atoms with Gasteiger partial charge in [-0.3, -0.25) is 9.35 Å². The minimum Gasteiger partial charge on any atom is -0.396 e. The number of nitrogen functional groups attached to an aromatic ring is 1. The van der Waals surface area contributed by atoms with Crippen LogP contribution in [-0.4, -0.2) is 18.8 Å². The zero-order valence-corrected chi connectivity index (χ0v) is 17.0. The molecule has 0 fully saturated rings. The van der Waals surface area contributed by atoms with E-state index in [4.69, 9.17) is 5.73 Å². The summed E-state index contributed by atoms with van der Waals surface area (Å²) in [5, 5.41) is 8.91. The fourth-order valence-electron chi connectivity index (χ4n) is 3.19. The zero-order chi connectivity index (χ0) is 22.0. The Labute approximate surface area is 178 Å². The number of hydrogen-bond acceptors (Lipinski definition) is 6. The van der Waals surface area contributed by atoms with E-state index in [1.165, 1.54) is 6.07 Å². The Kier molecular flexibility index (Phi) is 5.33. The summed E-state index contributed by atoms with van der Waals surface area (Å²) in [5.41, 5.74) is 8.03. The Balaban J connectivity index is 1.67. The lowest BCUT2D eigenvalue weighted by atomic mass is 10.0. The van der Waals surface area contributed by atoms with Crippen LogP contribution in [0.3, 0.4) is 0 Å². The van der Waals surface area contributed by atoms with Crippen LogP contribution in [0, 0.1) is 0 Å². The number of hydrogen-bond donors (Lipinski definition) is 2. The summed E-state index contributed by atoms with van der Waals surface area (Å²) >= 11 is 0. The monoisotopic (exact) mass is 431 g/mol. The number of ketones is 1. The summed E-state index contributed by atoms with van der Waals surface area (Å²) in [5.74, 6) is -0.111. The normalized spacial score (nSPS) is 11.8. The van der Waals surface area contributed by atoms with Crippen LogP contribution in [0.5, 0.6) is 0 Å². The lowest BCUT2D eigenvalue weighted by molar-refractivity contribution is 0.103. The van der Waals surface area contributed by atoms with Crippen molar-refractivity contribution in [3.05, 3.63) is 96.1 Å². The molecule has 8 heteroatoms. The molecule has 0 bridgehead atoms. The Bertz CT molecular complexity index is 1410. The molecule has 31 heavy (non-hydrogen) atoms. The summed E-state index contributed by atoms with van der Waals surface area (Å²) < 4.78 is 33.2. The van der Waals surface area contributed by atoms with Crippen LogP contribution in [0.25, 0.3) is 10.8 Å². The standard InChI is InChI=1S/C23H17N3O4S/c24-22-19-9-5-4-8-18(19)21(31(28,29)30)14-20(22)26-25-17-12-10-16(11-13-17)23(27)15-6-2-1-3-7-15/h1-14H,24H2,(H,28,29,30)/b26-25+. The molecule has 4 aromatic rings. The number of nitrogens with zero attached hydrogens (tertiary/aromatic N) is 2. The number of carbonyl (C=O) groups is 1. The van der Waals surface area contributed by atoms with Crippen molar-refractivity contribution in [2.24, 2.45) is 10.2 Å². The topological polar surface area (TPSA) is 122 Å². The number of benzene rings is 4. The Hall–Kier alpha value is -3.88. The minimum absolute atomic E-state index is 0.107. The smallest absolute Gasteiger partial charge is 0.295 e. The van der Waals surface area contributed by atoms with Crippen molar-refractivity contribution < 1.29 is 17.8 Å². The Morgan fingerprint density at radius 3 is 2.00 bits per heavy atom. The maximum atomic E-state index is 12.5. The predicted molar refractivity (Wildman–Crippen MR) is 119 cm³/mol. The summed E-state index contributed by atoms with van der Waals surface area (Å²) in [6.45, 7) is 0. The molecule has 0 saturated carbocycles. The molecule has 0 saturated heterocycles. The SMILES string of the molecule is Nc1c(/N=N/c2ccc(C(=O)c3ccccc3)cc2)cc(S(=O)(=O)O)c2ccccc12. The van der Waals surface area contributed by atoms with Gasteiger partial charge >= 0.3 is 0 Å². The highest BCUT2D eigenvalue weighted by molar-refractivity contribution is 7.86. The van der Waals surface area contributed by atoms with Crippen LogP contribution in [0.2, 0.25) is 0 Å². The zero-order valence-electron chi connectivity index (χ0n) is 16.1. The molecule has 3 N–H and O–H groups in total. The van der Waals surface area contributed by atoms with E-state index in [2.05, 4.69) is 10.2 Å². The van der Waals surface area contributed by atoms with E-state index in [1.54, 1.807) is 72.8 Å². The van der Waals surface area contributed by atoms with Gasteiger partial charge in [0.1, 0.15) is 10.6 Å². The second-order valence-corrected chi connectivity index (χ2v) is 8.16. The average Bonchev–Trinajstić information content (AvgIpc) is 2.78. The van der Waals surface area contributed by atoms with Crippen molar-refractivity contribution in [3.63, 3.8) is 0 Å². The highest BCUT2D eigenvalue weighted by atomic mass is 32.2. The first-order chi connectivity index (χ1) is 14.8. The Morgan fingerprint density at radius 2 is 1.35 bits per heavy atom. The van der Waals surface area contributed by atoms with Crippen molar-refractivity contribution in [3.8, 4) is 0 Å². The van der Waals surface area contributed by atoms with Gasteiger partial charge in [0.15, 0.2) is 5.78 Å². The molecular weight excluding hydrogens is 414 g/mol. The van der Waals surface area contributed by atoms with Crippen LogP contribution in [-0.2, 0) is 10.1 Å². The van der Waals surface area contributed by atoms with E-state index in [1.807, 2.05) is 6.07 Å². The summed E-state index contributed by atoms with van der Waals surface area (Å²) in [4.78, 5) is 12.2. The molecule has 0 heterocycles. The maximum absolute atomic E-state index is 12.5. The summed E-state index contributed by atoms with van der Waals surface area (Å²) in [6.07, 6.45) is 0. The third kappa shape index (κ3) is 4.20. The van der Waals surface area contributed by atoms with Crippen molar-refractivity contribution in [2.75, 3.05) is 5.73 Å². The van der Waals surface area contributed by atoms with E-state index in [0.717, 1.165) is 0 Å². The quantitative estimate of drug-likeness (QED) is 0.192. The number of azo groups is 1. The van der Waals surface area contributed by atoms with Gasteiger partial charge in [-0.1, -0.05) is 54.6 Å². The average molecular weight is 431 g/mol. The van der Waals surface area contributed by atoms with E-state index in [-0.39, 0.29) is 22.1 Å². The number of nitrogens with two attached hydrogens (primary N) is 1. The van der Waals surface area contributed by atoms with Crippen molar-refractivity contribution in [2.45, 2.75) is 4.90 Å². The molecule has 4 aromatic carbocycles. The van der Waals surface area contributed by atoms with Crippen molar-refractivity contribution in [1.82, 2.24) is 0 Å². The number of carbonyl (C=O) groups excluding carboxylic acids is 1. The third-order valence-electron chi connectivity index (χ3n) is 4.74. The van der Waals surface area contributed by atoms with Crippen LogP contribution in [0.1, 0.15) is 15.9 Å². The van der Waals surface area contributed by atoms with Crippen LogP contribution in [0.4, 0.5) is 17.1 Å². The molecule has 154 valence electrons. The van der Waals surface area contributed by atoms with Gasteiger partial charge in [0.25, 0.3) is 10.1 Å². The van der Waals surface area contributed by atoms with E-state index < -0.39 is 10.1 Å². The van der Waals surface area contributed by atoms with E-state index in [0.29, 0.717) is 27.6 Å². The van der Waals surface area contributed by atoms with E-state index in [9.17, 15) is 17.8 Å². The minimum atomic E-state index is -4.49.